The van der Waals surface area contributed by atoms with Crippen LogP contribution in [0, 0.1) is 0 Å². The standard InChI is InChI=1S/C18H25F3N4O/c19-18(20,21)14-9-7-13(8-10-14)16(26)23-11-12-24-17(22)25-15-5-3-1-2-4-6-15/h7-10,15H,1-6,11-12H2,(H,23,26)(H3,22,24,25). The molecule has 2 rings (SSSR count). The zero-order chi connectivity index (χ0) is 19.0. The van der Waals surface area contributed by atoms with Crippen molar-refractivity contribution in [3.63, 3.8) is 0 Å². The predicted molar refractivity (Wildman–Crippen MR) is 94.9 cm³/mol. The maximum atomic E-state index is 12.5. The van der Waals surface area contributed by atoms with E-state index in [1.807, 2.05) is 0 Å². The van der Waals surface area contributed by atoms with Crippen LogP contribution < -0.4 is 16.4 Å². The Morgan fingerprint density at radius 2 is 1.73 bits per heavy atom. The molecule has 1 aromatic carbocycles. The maximum absolute atomic E-state index is 12.5. The van der Waals surface area contributed by atoms with Crippen LogP contribution in [0.5, 0.6) is 0 Å². The first-order valence-electron chi connectivity index (χ1n) is 8.88. The van der Waals surface area contributed by atoms with Gasteiger partial charge in [-0.2, -0.15) is 13.2 Å². The Morgan fingerprint density at radius 1 is 1.12 bits per heavy atom. The average Bonchev–Trinajstić information content (AvgIpc) is 2.86. The van der Waals surface area contributed by atoms with Gasteiger partial charge >= 0.3 is 6.18 Å². The lowest BCUT2D eigenvalue weighted by Crippen LogP contribution is -2.40. The van der Waals surface area contributed by atoms with Gasteiger partial charge in [0.25, 0.3) is 5.91 Å². The molecule has 0 aromatic heterocycles. The number of guanidine groups is 1. The lowest BCUT2D eigenvalue weighted by Gasteiger charge is -2.16. The second-order valence-corrected chi connectivity index (χ2v) is 6.43. The van der Waals surface area contributed by atoms with Gasteiger partial charge in [0.05, 0.1) is 12.1 Å². The molecule has 0 unspecified atom stereocenters. The van der Waals surface area contributed by atoms with Crippen LogP contribution in [0.4, 0.5) is 13.2 Å². The summed E-state index contributed by atoms with van der Waals surface area (Å²) in [5, 5.41) is 5.82. The number of nitrogens with zero attached hydrogens (tertiary/aromatic N) is 1. The molecule has 0 bridgehead atoms. The van der Waals surface area contributed by atoms with Crippen LogP contribution in [-0.4, -0.2) is 31.0 Å². The van der Waals surface area contributed by atoms with Crippen LogP contribution in [0.2, 0.25) is 0 Å². The lowest BCUT2D eigenvalue weighted by atomic mass is 10.1. The number of hydrogen-bond donors (Lipinski definition) is 3. The molecule has 1 aliphatic carbocycles. The van der Waals surface area contributed by atoms with E-state index in [1.165, 1.54) is 25.7 Å². The minimum absolute atomic E-state index is 0.173. The third-order valence-corrected chi connectivity index (χ3v) is 4.36. The largest absolute Gasteiger partial charge is 0.416 e. The van der Waals surface area contributed by atoms with Crippen LogP contribution in [0.1, 0.15) is 54.4 Å². The Bertz CT molecular complexity index is 606. The molecule has 0 heterocycles. The number of alkyl halides is 3. The first-order chi connectivity index (χ1) is 12.4. The lowest BCUT2D eigenvalue weighted by molar-refractivity contribution is -0.137. The molecule has 0 spiro atoms. The van der Waals surface area contributed by atoms with Crippen molar-refractivity contribution in [2.24, 2.45) is 10.7 Å². The fourth-order valence-corrected chi connectivity index (χ4v) is 2.94. The number of aliphatic imine (C=N–C) groups is 1. The van der Waals surface area contributed by atoms with Crippen LogP contribution in [0.15, 0.2) is 29.3 Å². The molecule has 26 heavy (non-hydrogen) atoms. The number of hydrogen-bond acceptors (Lipinski definition) is 2. The van der Waals surface area contributed by atoms with Crippen LogP contribution >= 0.6 is 0 Å². The van der Waals surface area contributed by atoms with Crippen molar-refractivity contribution in [2.45, 2.75) is 50.7 Å². The van der Waals surface area contributed by atoms with Crippen molar-refractivity contribution in [3.8, 4) is 0 Å². The minimum Gasteiger partial charge on any atom is -0.370 e. The minimum atomic E-state index is -4.41. The number of amides is 1. The molecular formula is C18H25F3N4O. The van der Waals surface area contributed by atoms with Crippen molar-refractivity contribution in [1.82, 2.24) is 10.6 Å². The summed E-state index contributed by atoms with van der Waals surface area (Å²) in [6.07, 6.45) is 2.64. The van der Waals surface area contributed by atoms with Gasteiger partial charge in [0.2, 0.25) is 0 Å². The zero-order valence-electron chi connectivity index (χ0n) is 14.6. The van der Waals surface area contributed by atoms with E-state index >= 15 is 0 Å². The molecule has 0 atom stereocenters. The number of halogens is 3. The molecule has 144 valence electrons. The second kappa shape index (κ2) is 9.45. The highest BCUT2D eigenvalue weighted by atomic mass is 19.4. The van der Waals surface area contributed by atoms with E-state index in [0.29, 0.717) is 18.5 Å². The van der Waals surface area contributed by atoms with Crippen molar-refractivity contribution >= 4 is 11.9 Å². The second-order valence-electron chi connectivity index (χ2n) is 6.43. The van der Waals surface area contributed by atoms with E-state index in [0.717, 1.165) is 37.1 Å². The van der Waals surface area contributed by atoms with Gasteiger partial charge < -0.3 is 16.4 Å². The number of rotatable bonds is 5. The molecule has 1 fully saturated rings. The SMILES string of the molecule is NC(=NCCNC(=O)c1ccc(C(F)(F)F)cc1)NC1CCCCCC1. The van der Waals surface area contributed by atoms with Gasteiger partial charge in [-0.25, -0.2) is 0 Å². The molecule has 0 saturated heterocycles. The van der Waals surface area contributed by atoms with Crippen LogP contribution in [0.3, 0.4) is 0 Å². The highest BCUT2D eigenvalue weighted by Gasteiger charge is 2.30. The summed E-state index contributed by atoms with van der Waals surface area (Å²) in [4.78, 5) is 16.1. The molecule has 1 aliphatic rings. The summed E-state index contributed by atoms with van der Waals surface area (Å²) >= 11 is 0. The van der Waals surface area contributed by atoms with Gasteiger partial charge in [-0.15, -0.1) is 0 Å². The monoisotopic (exact) mass is 370 g/mol. The Morgan fingerprint density at radius 3 is 2.31 bits per heavy atom. The van der Waals surface area contributed by atoms with Gasteiger partial charge in [-0.3, -0.25) is 9.79 Å². The normalized spacial score (nSPS) is 16.8. The Hall–Kier alpha value is -2.25. The van der Waals surface area contributed by atoms with Gasteiger partial charge in [-0.05, 0) is 37.1 Å². The molecule has 0 radical (unpaired) electrons. The van der Waals surface area contributed by atoms with Crippen molar-refractivity contribution in [3.05, 3.63) is 35.4 Å². The van der Waals surface area contributed by atoms with Crippen molar-refractivity contribution in [2.75, 3.05) is 13.1 Å². The van der Waals surface area contributed by atoms with E-state index < -0.39 is 17.6 Å². The fourth-order valence-electron chi connectivity index (χ4n) is 2.94. The van der Waals surface area contributed by atoms with E-state index in [1.54, 1.807) is 0 Å². The van der Waals surface area contributed by atoms with Crippen LogP contribution in [-0.2, 0) is 6.18 Å². The Kier molecular flexibility index (Phi) is 7.29. The van der Waals surface area contributed by atoms with E-state index in [2.05, 4.69) is 15.6 Å². The van der Waals surface area contributed by atoms with Gasteiger partial charge in [-0.1, -0.05) is 25.7 Å². The summed E-state index contributed by atoms with van der Waals surface area (Å²) in [7, 11) is 0. The topological polar surface area (TPSA) is 79.5 Å². The maximum Gasteiger partial charge on any atom is 0.416 e. The molecule has 1 aromatic rings. The van der Waals surface area contributed by atoms with Crippen molar-refractivity contribution < 1.29 is 18.0 Å². The summed E-state index contributed by atoms with van der Waals surface area (Å²) in [5.74, 6) is -0.0788. The average molecular weight is 370 g/mol. The first-order valence-corrected chi connectivity index (χ1v) is 8.88. The number of nitrogens with one attached hydrogen (secondary N) is 2. The molecule has 8 heteroatoms. The molecule has 1 saturated carbocycles. The summed E-state index contributed by atoms with van der Waals surface area (Å²) in [6.45, 7) is 0.560. The summed E-state index contributed by atoms with van der Waals surface area (Å²) in [6, 6.07) is 4.44. The smallest absolute Gasteiger partial charge is 0.370 e. The predicted octanol–water partition coefficient (Wildman–Crippen LogP) is 3.06. The van der Waals surface area contributed by atoms with E-state index in [9.17, 15) is 18.0 Å². The molecule has 1 amide bonds. The molecule has 5 nitrogen and oxygen atoms in total. The van der Waals surface area contributed by atoms with Crippen LogP contribution in [0.25, 0.3) is 0 Å². The molecular weight excluding hydrogens is 345 g/mol. The number of benzene rings is 1. The number of nitrogens with two attached hydrogens (primary N) is 1. The Labute approximate surface area is 151 Å². The van der Waals surface area contributed by atoms with Gasteiger partial charge in [0, 0.05) is 18.2 Å². The third-order valence-electron chi connectivity index (χ3n) is 4.36. The quantitative estimate of drug-likeness (QED) is 0.323. The number of carbonyl (C=O) groups is 1. The van der Waals surface area contributed by atoms with E-state index in [-0.39, 0.29) is 12.1 Å². The molecule has 0 aliphatic heterocycles. The fraction of sp³-hybridized carbons (Fsp3) is 0.556. The molecule has 4 N–H and O–H groups in total. The highest BCUT2D eigenvalue weighted by molar-refractivity contribution is 5.94. The third kappa shape index (κ3) is 6.57. The number of carbonyl (C=O) groups excluding carboxylic acids is 1. The van der Waals surface area contributed by atoms with E-state index in [4.69, 9.17) is 5.73 Å². The van der Waals surface area contributed by atoms with Gasteiger partial charge in [0.15, 0.2) is 5.96 Å². The zero-order valence-corrected chi connectivity index (χ0v) is 14.6. The van der Waals surface area contributed by atoms with Crippen molar-refractivity contribution in [1.29, 1.82) is 0 Å². The Balaban J connectivity index is 1.73. The summed E-state index contributed by atoms with van der Waals surface area (Å²) in [5.41, 5.74) is 5.25. The first kappa shape index (κ1) is 20.1. The summed E-state index contributed by atoms with van der Waals surface area (Å²) < 4.78 is 37.5. The van der Waals surface area contributed by atoms with Gasteiger partial charge in [0.1, 0.15) is 0 Å². The highest BCUT2D eigenvalue weighted by Crippen LogP contribution is 2.29.